The maximum Gasteiger partial charge on any atom is 0.335 e. The number of halogens is 2. The minimum atomic E-state index is -0.872. The first kappa shape index (κ1) is 28.1. The van der Waals surface area contributed by atoms with Crippen LogP contribution >= 0.6 is 23.2 Å². The topological polar surface area (TPSA) is 103 Å². The van der Waals surface area contributed by atoms with E-state index in [-0.39, 0.29) is 24.7 Å². The normalized spacial score (nSPS) is 15.2. The summed E-state index contributed by atoms with van der Waals surface area (Å²) in [5.74, 6) is 0.130. The SMILES string of the molecule is C=CCc1cc(/C=C2\C(=O)NC(=O)N(c3ccc4c(c3)OCO4)C2=O)cc(OCC)c1OCc1ccc(Cl)cc1Cl. The molecule has 0 aliphatic carbocycles. The highest BCUT2D eigenvalue weighted by Gasteiger charge is 2.37. The van der Waals surface area contributed by atoms with Crippen LogP contribution in [0.5, 0.6) is 23.0 Å². The maximum atomic E-state index is 13.5. The summed E-state index contributed by atoms with van der Waals surface area (Å²) >= 11 is 12.3. The van der Waals surface area contributed by atoms with Gasteiger partial charge < -0.3 is 18.9 Å². The number of anilines is 1. The van der Waals surface area contributed by atoms with Gasteiger partial charge in [0.15, 0.2) is 23.0 Å². The first-order valence-corrected chi connectivity index (χ1v) is 13.3. The van der Waals surface area contributed by atoms with Crippen molar-refractivity contribution < 1.29 is 33.3 Å². The van der Waals surface area contributed by atoms with E-state index >= 15 is 0 Å². The highest BCUT2D eigenvalue weighted by molar-refractivity contribution is 6.39. The van der Waals surface area contributed by atoms with E-state index in [0.29, 0.717) is 57.2 Å². The van der Waals surface area contributed by atoms with Crippen LogP contribution in [0.1, 0.15) is 23.6 Å². The lowest BCUT2D eigenvalue weighted by Gasteiger charge is -2.26. The van der Waals surface area contributed by atoms with E-state index in [4.69, 9.17) is 42.1 Å². The molecular weight excluding hydrogens is 571 g/mol. The molecule has 2 heterocycles. The molecule has 2 aliphatic rings. The molecule has 1 N–H and O–H groups in total. The van der Waals surface area contributed by atoms with Crippen LogP contribution in [0.2, 0.25) is 10.0 Å². The summed E-state index contributed by atoms with van der Waals surface area (Å²) in [6.07, 6.45) is 3.50. The number of allylic oxidation sites excluding steroid dienone is 1. The third-order valence-electron chi connectivity index (χ3n) is 6.23. The summed E-state index contributed by atoms with van der Waals surface area (Å²) in [5.41, 5.74) is 1.90. The lowest BCUT2D eigenvalue weighted by Crippen LogP contribution is -2.54. The molecule has 9 nitrogen and oxygen atoms in total. The zero-order valence-electron chi connectivity index (χ0n) is 21.9. The maximum absolute atomic E-state index is 13.5. The molecule has 0 atom stereocenters. The van der Waals surface area contributed by atoms with E-state index < -0.39 is 17.8 Å². The van der Waals surface area contributed by atoms with Gasteiger partial charge in [-0.05, 0) is 61.4 Å². The molecule has 0 aromatic heterocycles. The second kappa shape index (κ2) is 12.0. The monoisotopic (exact) mass is 594 g/mol. The molecule has 3 aromatic rings. The third kappa shape index (κ3) is 5.86. The van der Waals surface area contributed by atoms with Crippen molar-refractivity contribution in [1.82, 2.24) is 5.32 Å². The lowest BCUT2D eigenvalue weighted by atomic mass is 10.0. The number of amides is 4. The Bertz CT molecular complexity index is 1600. The van der Waals surface area contributed by atoms with Gasteiger partial charge in [-0.15, -0.1) is 6.58 Å². The molecule has 11 heteroatoms. The van der Waals surface area contributed by atoms with E-state index in [0.717, 1.165) is 10.5 Å². The number of hydrogen-bond donors (Lipinski definition) is 1. The van der Waals surface area contributed by atoms with Gasteiger partial charge in [-0.3, -0.25) is 14.9 Å². The fourth-order valence-electron chi connectivity index (χ4n) is 4.37. The van der Waals surface area contributed by atoms with Gasteiger partial charge in [0.2, 0.25) is 6.79 Å². The quantitative estimate of drug-likeness (QED) is 0.181. The minimum Gasteiger partial charge on any atom is -0.490 e. The summed E-state index contributed by atoms with van der Waals surface area (Å²) in [6.45, 7) is 6.17. The largest absolute Gasteiger partial charge is 0.490 e. The molecular formula is C30H24Cl2N2O7. The Morgan fingerprint density at radius 2 is 1.80 bits per heavy atom. The number of benzene rings is 3. The minimum absolute atomic E-state index is 0.0320. The smallest absolute Gasteiger partial charge is 0.335 e. The van der Waals surface area contributed by atoms with Crippen molar-refractivity contribution in [3.63, 3.8) is 0 Å². The molecule has 0 unspecified atom stereocenters. The van der Waals surface area contributed by atoms with Crippen LogP contribution in [-0.4, -0.2) is 31.2 Å². The zero-order valence-corrected chi connectivity index (χ0v) is 23.4. The molecule has 2 aliphatic heterocycles. The van der Waals surface area contributed by atoms with Crippen LogP contribution in [0, 0.1) is 0 Å². The van der Waals surface area contributed by atoms with Gasteiger partial charge in [-0.1, -0.05) is 35.3 Å². The van der Waals surface area contributed by atoms with E-state index in [1.165, 1.54) is 18.2 Å². The highest BCUT2D eigenvalue weighted by atomic mass is 35.5. The number of hydrogen-bond acceptors (Lipinski definition) is 7. The number of carbonyl (C=O) groups excluding carboxylic acids is 3. The van der Waals surface area contributed by atoms with Crippen molar-refractivity contribution in [2.45, 2.75) is 20.0 Å². The molecule has 1 fully saturated rings. The Morgan fingerprint density at radius 3 is 2.56 bits per heavy atom. The number of carbonyl (C=O) groups is 3. The predicted molar refractivity (Wildman–Crippen MR) is 154 cm³/mol. The Morgan fingerprint density at radius 1 is 1.00 bits per heavy atom. The molecule has 0 radical (unpaired) electrons. The van der Waals surface area contributed by atoms with Crippen LogP contribution < -0.4 is 29.2 Å². The Kier molecular flexibility index (Phi) is 8.19. The molecule has 210 valence electrons. The van der Waals surface area contributed by atoms with Gasteiger partial charge in [0.25, 0.3) is 11.8 Å². The molecule has 0 bridgehead atoms. The van der Waals surface area contributed by atoms with E-state index in [2.05, 4.69) is 11.9 Å². The van der Waals surface area contributed by atoms with Crippen LogP contribution in [0.4, 0.5) is 10.5 Å². The molecule has 3 aromatic carbocycles. The molecule has 5 rings (SSSR count). The molecule has 0 saturated carbocycles. The summed E-state index contributed by atoms with van der Waals surface area (Å²) < 4.78 is 22.7. The standard InChI is InChI=1S/C30H24Cl2N2O7/c1-3-5-18-10-17(12-26(38-4-2)27(18)39-15-19-6-7-20(31)13-23(19)32)11-22-28(35)33-30(37)34(29(22)36)21-8-9-24-25(14-21)41-16-40-24/h3,6-14H,1,4-5,15-16H2,2H3,(H,33,35,37)/b22-11+. The van der Waals surface area contributed by atoms with Gasteiger partial charge in [0.05, 0.1) is 12.3 Å². The van der Waals surface area contributed by atoms with Crippen LogP contribution in [-0.2, 0) is 22.6 Å². The number of fused-ring (bicyclic) bond motifs is 1. The number of ether oxygens (including phenoxy) is 4. The van der Waals surface area contributed by atoms with Crippen molar-refractivity contribution in [3.05, 3.63) is 93.5 Å². The summed E-state index contributed by atoms with van der Waals surface area (Å²) in [7, 11) is 0. The average Bonchev–Trinajstić information content (AvgIpc) is 3.40. The van der Waals surface area contributed by atoms with E-state index in [9.17, 15) is 14.4 Å². The van der Waals surface area contributed by atoms with Crippen LogP contribution in [0.25, 0.3) is 6.08 Å². The lowest BCUT2D eigenvalue weighted by molar-refractivity contribution is -0.122. The van der Waals surface area contributed by atoms with Crippen LogP contribution in [0.15, 0.2) is 66.8 Å². The van der Waals surface area contributed by atoms with Gasteiger partial charge in [0.1, 0.15) is 12.2 Å². The molecule has 4 amide bonds. The number of urea groups is 1. The van der Waals surface area contributed by atoms with Crippen molar-refractivity contribution in [2.24, 2.45) is 0 Å². The van der Waals surface area contributed by atoms with Gasteiger partial charge >= 0.3 is 6.03 Å². The van der Waals surface area contributed by atoms with Gasteiger partial charge in [-0.2, -0.15) is 0 Å². The summed E-state index contributed by atoms with van der Waals surface area (Å²) in [5, 5.41) is 3.20. The van der Waals surface area contributed by atoms with Crippen molar-refractivity contribution in [3.8, 4) is 23.0 Å². The number of nitrogens with zero attached hydrogens (tertiary/aromatic N) is 1. The van der Waals surface area contributed by atoms with E-state index in [1.54, 1.807) is 42.5 Å². The number of nitrogens with one attached hydrogen (secondary N) is 1. The molecule has 0 spiro atoms. The number of rotatable bonds is 9. The van der Waals surface area contributed by atoms with Crippen molar-refractivity contribution in [1.29, 1.82) is 0 Å². The second-order valence-electron chi connectivity index (χ2n) is 8.95. The second-order valence-corrected chi connectivity index (χ2v) is 9.80. The fraction of sp³-hybridized carbons (Fsp3) is 0.167. The Balaban J connectivity index is 1.50. The predicted octanol–water partition coefficient (Wildman–Crippen LogP) is 6.09. The number of imide groups is 2. The summed E-state index contributed by atoms with van der Waals surface area (Å²) in [4.78, 5) is 39.8. The third-order valence-corrected chi connectivity index (χ3v) is 6.82. The number of barbiturate groups is 1. The molecule has 41 heavy (non-hydrogen) atoms. The first-order chi connectivity index (χ1) is 19.8. The van der Waals surface area contributed by atoms with Gasteiger partial charge in [0, 0.05) is 27.2 Å². The van der Waals surface area contributed by atoms with E-state index in [1.807, 2.05) is 6.92 Å². The molecule has 1 saturated heterocycles. The Labute approximate surface area is 245 Å². The zero-order chi connectivity index (χ0) is 29.1. The first-order valence-electron chi connectivity index (χ1n) is 12.6. The summed E-state index contributed by atoms with van der Waals surface area (Å²) in [6, 6.07) is 12.3. The fourth-order valence-corrected chi connectivity index (χ4v) is 4.84. The van der Waals surface area contributed by atoms with Crippen molar-refractivity contribution in [2.75, 3.05) is 18.3 Å². The van der Waals surface area contributed by atoms with Crippen LogP contribution in [0.3, 0.4) is 0 Å². The highest BCUT2D eigenvalue weighted by Crippen LogP contribution is 2.38. The Hall–Kier alpha value is -4.47. The van der Waals surface area contributed by atoms with Crippen molar-refractivity contribution >= 4 is 52.8 Å². The van der Waals surface area contributed by atoms with Gasteiger partial charge in [-0.25, -0.2) is 9.69 Å². The average molecular weight is 595 g/mol.